The van der Waals surface area contributed by atoms with Crippen LogP contribution in [0.4, 0.5) is 5.69 Å². The fourth-order valence-corrected chi connectivity index (χ4v) is 4.58. The van der Waals surface area contributed by atoms with Crippen molar-refractivity contribution < 1.29 is 23.8 Å². The van der Waals surface area contributed by atoms with E-state index >= 15 is 0 Å². The lowest BCUT2D eigenvalue weighted by Crippen LogP contribution is -2.31. The smallest absolute Gasteiger partial charge is 0.234 e. The summed E-state index contributed by atoms with van der Waals surface area (Å²) in [5.41, 5.74) is 2.49. The number of methoxy groups -OCH3 is 3. The monoisotopic (exact) mass is 501 g/mol. The molecule has 0 aliphatic carbocycles. The topological polar surface area (TPSA) is 110 Å². The molecule has 0 unspecified atom stereocenters. The number of thioether (sulfide) groups is 1. The number of benzene rings is 2. The average Bonchev–Trinajstić information content (AvgIpc) is 2.83. The number of nitrogens with one attached hydrogen (secondary N) is 2. The molecule has 8 nitrogen and oxygen atoms in total. The molecule has 0 saturated heterocycles. The standard InChI is InChI=1S/C24H24ClN3O5S/c1-13-5-6-15(9-18(13)25)27-22(30)12-34-24-17(11-26)16(10-21(29)28-24)14-7-19(31-2)23(33-4)20(8-14)32-3/h5-9,16H,10,12H2,1-4H3,(H,27,30)(H,28,29)/t16-/m1/s1. The molecule has 178 valence electrons. The Balaban J connectivity index is 1.85. The number of allylic oxidation sites excluding steroid dienone is 1. The Hall–Kier alpha value is -3.35. The maximum absolute atomic E-state index is 12.5. The molecule has 1 atom stereocenters. The minimum Gasteiger partial charge on any atom is -0.493 e. The Morgan fingerprint density at radius 3 is 2.44 bits per heavy atom. The van der Waals surface area contributed by atoms with Gasteiger partial charge < -0.3 is 24.8 Å². The summed E-state index contributed by atoms with van der Waals surface area (Å²) in [7, 11) is 4.49. The number of hydrogen-bond acceptors (Lipinski definition) is 7. The number of aryl methyl sites for hydroxylation is 1. The molecule has 0 aromatic heterocycles. The van der Waals surface area contributed by atoms with Crippen molar-refractivity contribution in [2.45, 2.75) is 19.3 Å². The van der Waals surface area contributed by atoms with Gasteiger partial charge in [-0.15, -0.1) is 0 Å². The Kier molecular flexibility index (Phi) is 8.31. The fraction of sp³-hybridized carbons (Fsp3) is 0.292. The first-order chi connectivity index (χ1) is 16.3. The van der Waals surface area contributed by atoms with Gasteiger partial charge in [0.25, 0.3) is 0 Å². The van der Waals surface area contributed by atoms with Crippen molar-refractivity contribution in [2.24, 2.45) is 0 Å². The number of halogens is 1. The van der Waals surface area contributed by atoms with Gasteiger partial charge in [-0.2, -0.15) is 5.26 Å². The normalized spacial score (nSPS) is 15.3. The van der Waals surface area contributed by atoms with Gasteiger partial charge in [-0.05, 0) is 42.3 Å². The van der Waals surface area contributed by atoms with Crippen molar-refractivity contribution in [3.63, 3.8) is 0 Å². The van der Waals surface area contributed by atoms with E-state index in [2.05, 4.69) is 16.7 Å². The highest BCUT2D eigenvalue weighted by Crippen LogP contribution is 2.44. The second-order valence-electron chi connectivity index (χ2n) is 7.42. The van der Waals surface area contributed by atoms with Crippen LogP contribution in [-0.4, -0.2) is 38.9 Å². The van der Waals surface area contributed by atoms with Crippen molar-refractivity contribution in [3.05, 3.63) is 57.1 Å². The minimum absolute atomic E-state index is 0.00569. The molecule has 2 N–H and O–H groups in total. The van der Waals surface area contributed by atoms with Crippen LogP contribution in [0.2, 0.25) is 5.02 Å². The van der Waals surface area contributed by atoms with Gasteiger partial charge in [-0.1, -0.05) is 29.4 Å². The van der Waals surface area contributed by atoms with Crippen molar-refractivity contribution in [1.29, 1.82) is 5.26 Å². The maximum Gasteiger partial charge on any atom is 0.234 e. The molecule has 3 rings (SSSR count). The first-order valence-corrected chi connectivity index (χ1v) is 11.6. The summed E-state index contributed by atoms with van der Waals surface area (Å²) in [5.74, 6) is 0.169. The second kappa shape index (κ2) is 11.2. The summed E-state index contributed by atoms with van der Waals surface area (Å²) in [6.45, 7) is 1.87. The third-order valence-electron chi connectivity index (χ3n) is 5.25. The third kappa shape index (κ3) is 5.58. The van der Waals surface area contributed by atoms with Gasteiger partial charge in [0.15, 0.2) is 11.5 Å². The molecular formula is C24H24ClN3O5S. The SMILES string of the molecule is COc1cc([C@H]2CC(=O)NC(SCC(=O)Nc3ccc(C)c(Cl)c3)=C2C#N)cc(OC)c1OC. The molecule has 1 aliphatic rings. The Bertz CT molecular complexity index is 1170. The quantitative estimate of drug-likeness (QED) is 0.552. The summed E-state index contributed by atoms with van der Waals surface area (Å²) in [6, 6.07) is 10.9. The van der Waals surface area contributed by atoms with Gasteiger partial charge in [0.1, 0.15) is 0 Å². The van der Waals surface area contributed by atoms with Crippen LogP contribution in [0.15, 0.2) is 40.9 Å². The number of nitrogens with zero attached hydrogens (tertiary/aromatic N) is 1. The number of nitriles is 1. The van der Waals surface area contributed by atoms with E-state index in [-0.39, 0.29) is 24.0 Å². The van der Waals surface area contributed by atoms with E-state index in [9.17, 15) is 14.9 Å². The summed E-state index contributed by atoms with van der Waals surface area (Å²) < 4.78 is 16.2. The van der Waals surface area contributed by atoms with E-state index in [0.717, 1.165) is 17.3 Å². The molecule has 2 aromatic carbocycles. The van der Waals surface area contributed by atoms with Crippen LogP contribution >= 0.6 is 23.4 Å². The zero-order valence-electron chi connectivity index (χ0n) is 19.2. The van der Waals surface area contributed by atoms with E-state index in [1.165, 1.54) is 21.3 Å². The highest BCUT2D eigenvalue weighted by Gasteiger charge is 2.31. The molecule has 0 saturated carbocycles. The minimum atomic E-state index is -0.533. The average molecular weight is 502 g/mol. The van der Waals surface area contributed by atoms with Crippen LogP contribution in [-0.2, 0) is 9.59 Å². The molecule has 1 aliphatic heterocycles. The lowest BCUT2D eigenvalue weighted by Gasteiger charge is -2.26. The largest absolute Gasteiger partial charge is 0.493 e. The third-order valence-corrected chi connectivity index (χ3v) is 6.67. The molecule has 34 heavy (non-hydrogen) atoms. The number of carbonyl (C=O) groups is 2. The van der Waals surface area contributed by atoms with Crippen LogP contribution in [0.25, 0.3) is 0 Å². The van der Waals surface area contributed by atoms with Crippen LogP contribution in [0.5, 0.6) is 17.2 Å². The van der Waals surface area contributed by atoms with Crippen molar-refractivity contribution in [1.82, 2.24) is 5.32 Å². The van der Waals surface area contributed by atoms with Crippen LogP contribution in [0.3, 0.4) is 0 Å². The Morgan fingerprint density at radius 2 is 1.88 bits per heavy atom. The van der Waals surface area contributed by atoms with Crippen LogP contribution in [0.1, 0.15) is 23.5 Å². The lowest BCUT2D eigenvalue weighted by molar-refractivity contribution is -0.121. The first-order valence-electron chi connectivity index (χ1n) is 10.2. The summed E-state index contributed by atoms with van der Waals surface area (Å²) in [5, 5.41) is 16.3. The zero-order valence-corrected chi connectivity index (χ0v) is 20.7. The fourth-order valence-electron chi connectivity index (χ4n) is 3.53. The van der Waals surface area contributed by atoms with E-state index in [0.29, 0.717) is 44.1 Å². The summed E-state index contributed by atoms with van der Waals surface area (Å²) in [4.78, 5) is 25.0. The number of carbonyl (C=O) groups excluding carboxylic acids is 2. The van der Waals surface area contributed by atoms with Crippen LogP contribution < -0.4 is 24.8 Å². The number of anilines is 1. The van der Waals surface area contributed by atoms with E-state index in [4.69, 9.17) is 25.8 Å². The lowest BCUT2D eigenvalue weighted by atomic mass is 9.86. The van der Waals surface area contributed by atoms with E-state index in [1.54, 1.807) is 24.3 Å². The van der Waals surface area contributed by atoms with Crippen molar-refractivity contribution in [2.75, 3.05) is 32.4 Å². The van der Waals surface area contributed by atoms with Gasteiger partial charge in [-0.3, -0.25) is 9.59 Å². The van der Waals surface area contributed by atoms with E-state index < -0.39 is 5.92 Å². The highest BCUT2D eigenvalue weighted by molar-refractivity contribution is 8.03. The Labute approximate surface area is 207 Å². The summed E-state index contributed by atoms with van der Waals surface area (Å²) in [6.07, 6.45) is 0.0691. The second-order valence-corrected chi connectivity index (χ2v) is 8.81. The molecule has 0 bridgehead atoms. The molecule has 2 aromatic rings. The van der Waals surface area contributed by atoms with Gasteiger partial charge in [0.2, 0.25) is 17.6 Å². The van der Waals surface area contributed by atoms with Crippen LogP contribution in [0, 0.1) is 18.3 Å². The zero-order chi connectivity index (χ0) is 24.8. The molecule has 0 radical (unpaired) electrons. The first kappa shape index (κ1) is 25.3. The molecule has 0 fully saturated rings. The summed E-state index contributed by atoms with van der Waals surface area (Å²) >= 11 is 7.20. The number of ether oxygens (including phenoxy) is 3. The molecule has 2 amide bonds. The van der Waals surface area contributed by atoms with Crippen molar-refractivity contribution >= 4 is 40.9 Å². The number of rotatable bonds is 8. The van der Waals surface area contributed by atoms with Gasteiger partial charge in [0, 0.05) is 23.0 Å². The molecular weight excluding hydrogens is 478 g/mol. The number of amides is 2. The highest BCUT2D eigenvalue weighted by atomic mass is 35.5. The van der Waals surface area contributed by atoms with E-state index in [1.807, 2.05) is 13.0 Å². The molecule has 1 heterocycles. The number of hydrogen-bond donors (Lipinski definition) is 2. The molecule has 0 spiro atoms. The predicted molar refractivity (Wildman–Crippen MR) is 132 cm³/mol. The maximum atomic E-state index is 12.5. The van der Waals surface area contributed by atoms with Gasteiger partial charge in [0.05, 0.1) is 43.8 Å². The Morgan fingerprint density at radius 1 is 1.21 bits per heavy atom. The predicted octanol–water partition coefficient (Wildman–Crippen LogP) is 4.38. The van der Waals surface area contributed by atoms with Gasteiger partial charge in [-0.25, -0.2) is 0 Å². The van der Waals surface area contributed by atoms with Crippen molar-refractivity contribution in [3.8, 4) is 23.3 Å². The van der Waals surface area contributed by atoms with Gasteiger partial charge >= 0.3 is 0 Å². The molecule has 10 heteroatoms.